The number of nitrogens with zero attached hydrogens (tertiary/aromatic N) is 3. The van der Waals surface area contributed by atoms with Gasteiger partial charge in [-0.2, -0.15) is 5.26 Å². The van der Waals surface area contributed by atoms with Crippen LogP contribution in [0.1, 0.15) is 17.5 Å². The zero-order valence-electron chi connectivity index (χ0n) is 17.9. The summed E-state index contributed by atoms with van der Waals surface area (Å²) in [4.78, 5) is 7.97. The Balaban J connectivity index is 1.73. The van der Waals surface area contributed by atoms with E-state index in [2.05, 4.69) is 17.9 Å². The Kier molecular flexibility index (Phi) is 5.86. The van der Waals surface area contributed by atoms with E-state index in [1.165, 1.54) is 11.3 Å². The van der Waals surface area contributed by atoms with Crippen molar-refractivity contribution in [3.63, 3.8) is 0 Å². The first kappa shape index (κ1) is 21.6. The van der Waals surface area contributed by atoms with Crippen LogP contribution < -0.4 is 9.64 Å². The third-order valence-electron chi connectivity index (χ3n) is 5.27. The van der Waals surface area contributed by atoms with Gasteiger partial charge in [0.15, 0.2) is 0 Å². The molecule has 1 aromatic heterocycles. The number of para-hydroxylation sites is 1. The van der Waals surface area contributed by atoms with E-state index in [-0.39, 0.29) is 0 Å². The van der Waals surface area contributed by atoms with Crippen molar-refractivity contribution < 1.29 is 4.74 Å². The second-order valence-corrected chi connectivity index (χ2v) is 10.00. The van der Waals surface area contributed by atoms with Crippen molar-refractivity contribution >= 4 is 61.9 Å². The molecule has 0 saturated carbocycles. The maximum Gasteiger partial charge on any atom is 0.137 e. The third kappa shape index (κ3) is 4.00. The number of ether oxygens (including phenoxy) is 1. The average molecular weight is 488 g/mol. The molecule has 0 spiro atoms. The summed E-state index contributed by atoms with van der Waals surface area (Å²) in [5.41, 5.74) is 4.38. The van der Waals surface area contributed by atoms with Crippen LogP contribution in [0.25, 0.3) is 21.5 Å². The SMILES string of the molecule is COc1cccc(N2C(=C(C#N)c3nc4ccccc4s3)SC(C)=C2c2ccc(Cl)cc2)c1. The molecule has 0 N–H and O–H groups in total. The molecule has 0 unspecified atom stereocenters. The van der Waals surface area contributed by atoms with Gasteiger partial charge in [-0.25, -0.2) is 4.98 Å². The molecular formula is C26H18ClN3OS2. The number of fused-ring (bicyclic) bond motifs is 1. The highest BCUT2D eigenvalue weighted by atomic mass is 35.5. The maximum absolute atomic E-state index is 10.3. The molecule has 33 heavy (non-hydrogen) atoms. The lowest BCUT2D eigenvalue weighted by molar-refractivity contribution is 0.415. The van der Waals surface area contributed by atoms with Gasteiger partial charge in [-0.1, -0.05) is 53.7 Å². The molecule has 2 heterocycles. The molecule has 5 rings (SSSR count). The second kappa shape index (κ2) is 8.95. The van der Waals surface area contributed by atoms with Gasteiger partial charge in [0, 0.05) is 16.0 Å². The number of thiazole rings is 1. The number of nitriles is 1. The molecule has 7 heteroatoms. The van der Waals surface area contributed by atoms with Crippen LogP contribution in [0, 0.1) is 11.3 Å². The molecule has 4 aromatic rings. The van der Waals surface area contributed by atoms with Crippen molar-refractivity contribution in [2.45, 2.75) is 6.92 Å². The molecule has 0 aliphatic carbocycles. The van der Waals surface area contributed by atoms with E-state index in [9.17, 15) is 5.26 Å². The van der Waals surface area contributed by atoms with Crippen LogP contribution in [-0.2, 0) is 0 Å². The monoisotopic (exact) mass is 487 g/mol. The van der Waals surface area contributed by atoms with Gasteiger partial charge >= 0.3 is 0 Å². The number of hydrogen-bond acceptors (Lipinski definition) is 6. The summed E-state index contributed by atoms with van der Waals surface area (Å²) in [6, 6.07) is 26.0. The average Bonchev–Trinajstić information content (AvgIpc) is 3.41. The number of halogens is 1. The first-order valence-corrected chi connectivity index (χ1v) is 12.2. The first-order chi connectivity index (χ1) is 16.1. The minimum Gasteiger partial charge on any atom is -0.497 e. The van der Waals surface area contributed by atoms with E-state index in [0.717, 1.165) is 42.8 Å². The van der Waals surface area contributed by atoms with E-state index in [4.69, 9.17) is 21.3 Å². The van der Waals surface area contributed by atoms with Crippen molar-refractivity contribution in [3.8, 4) is 11.8 Å². The van der Waals surface area contributed by atoms with E-state index in [1.54, 1.807) is 18.9 Å². The number of aromatic nitrogens is 1. The van der Waals surface area contributed by atoms with E-state index >= 15 is 0 Å². The van der Waals surface area contributed by atoms with Crippen molar-refractivity contribution in [1.82, 2.24) is 4.98 Å². The van der Waals surface area contributed by atoms with Crippen LogP contribution in [-0.4, -0.2) is 12.1 Å². The molecule has 0 fully saturated rings. The second-order valence-electron chi connectivity index (χ2n) is 7.33. The highest BCUT2D eigenvalue weighted by Crippen LogP contribution is 2.51. The largest absolute Gasteiger partial charge is 0.497 e. The molecule has 0 bridgehead atoms. The normalized spacial score (nSPS) is 15.2. The van der Waals surface area contributed by atoms with Crippen LogP contribution in [0.2, 0.25) is 5.02 Å². The smallest absolute Gasteiger partial charge is 0.137 e. The summed E-state index contributed by atoms with van der Waals surface area (Å²) in [5.74, 6) is 0.746. The van der Waals surface area contributed by atoms with Crippen LogP contribution in [0.4, 0.5) is 5.69 Å². The predicted octanol–water partition coefficient (Wildman–Crippen LogP) is 7.79. The molecule has 1 aliphatic rings. The summed E-state index contributed by atoms with van der Waals surface area (Å²) < 4.78 is 6.54. The Morgan fingerprint density at radius 2 is 1.85 bits per heavy atom. The standard InChI is InChI=1S/C26H18ClN3OS2/c1-16-24(17-10-12-18(27)13-11-17)30(19-6-5-7-20(14-19)31-2)26(32-16)21(15-28)25-29-22-8-3-4-9-23(22)33-25/h3-14H,1-2H3. The molecule has 0 amide bonds. The zero-order valence-corrected chi connectivity index (χ0v) is 20.3. The van der Waals surface area contributed by atoms with Gasteiger partial charge in [-0.15, -0.1) is 11.3 Å². The van der Waals surface area contributed by atoms with Crippen LogP contribution >= 0.6 is 34.7 Å². The number of anilines is 1. The Labute approximate surface area is 205 Å². The number of thioether (sulfide) groups is 1. The molecule has 0 saturated heterocycles. The lowest BCUT2D eigenvalue weighted by Gasteiger charge is -2.25. The minimum absolute atomic E-state index is 0.548. The van der Waals surface area contributed by atoms with Gasteiger partial charge in [0.25, 0.3) is 0 Å². The van der Waals surface area contributed by atoms with Crippen LogP contribution in [0.5, 0.6) is 5.75 Å². The van der Waals surface area contributed by atoms with Crippen LogP contribution in [0.15, 0.2) is 82.7 Å². The lowest BCUT2D eigenvalue weighted by atomic mass is 10.1. The van der Waals surface area contributed by atoms with Gasteiger partial charge < -0.3 is 9.64 Å². The minimum atomic E-state index is 0.548. The van der Waals surface area contributed by atoms with Gasteiger partial charge in [0.1, 0.15) is 27.4 Å². The Bertz CT molecular complexity index is 1430. The number of hydrogen-bond donors (Lipinski definition) is 0. The maximum atomic E-state index is 10.3. The van der Waals surface area contributed by atoms with Gasteiger partial charge in [-0.3, -0.25) is 0 Å². The quantitative estimate of drug-likeness (QED) is 0.275. The third-order valence-corrected chi connectivity index (χ3v) is 7.66. The number of methoxy groups -OCH3 is 1. The summed E-state index contributed by atoms with van der Waals surface area (Å²) in [7, 11) is 1.65. The fraction of sp³-hybridized carbons (Fsp3) is 0.0769. The molecule has 4 nitrogen and oxygen atoms in total. The Hall–Kier alpha value is -3.24. The number of rotatable bonds is 4. The molecule has 162 valence electrons. The fourth-order valence-electron chi connectivity index (χ4n) is 3.76. The van der Waals surface area contributed by atoms with Gasteiger partial charge in [0.2, 0.25) is 0 Å². The highest BCUT2D eigenvalue weighted by molar-refractivity contribution is 8.07. The summed E-state index contributed by atoms with van der Waals surface area (Å²) in [6.45, 7) is 2.07. The predicted molar refractivity (Wildman–Crippen MR) is 139 cm³/mol. The molecule has 0 radical (unpaired) electrons. The Morgan fingerprint density at radius 3 is 2.58 bits per heavy atom. The van der Waals surface area contributed by atoms with Crippen molar-refractivity contribution in [2.24, 2.45) is 0 Å². The Morgan fingerprint density at radius 1 is 1.06 bits per heavy atom. The van der Waals surface area contributed by atoms with Crippen molar-refractivity contribution in [1.29, 1.82) is 5.26 Å². The number of allylic oxidation sites excluding steroid dienone is 2. The van der Waals surface area contributed by atoms with E-state index < -0.39 is 0 Å². The topological polar surface area (TPSA) is 49.1 Å². The van der Waals surface area contributed by atoms with Crippen molar-refractivity contribution in [3.05, 3.63) is 98.3 Å². The number of benzene rings is 3. The fourth-order valence-corrected chi connectivity index (χ4v) is 6.04. The van der Waals surface area contributed by atoms with Gasteiger partial charge in [0.05, 0.1) is 28.7 Å². The van der Waals surface area contributed by atoms with E-state index in [0.29, 0.717) is 15.6 Å². The molecule has 0 atom stereocenters. The molecule has 1 aliphatic heterocycles. The summed E-state index contributed by atoms with van der Waals surface area (Å²) in [6.07, 6.45) is 0. The zero-order chi connectivity index (χ0) is 22.9. The van der Waals surface area contributed by atoms with E-state index in [1.807, 2.05) is 72.8 Å². The summed E-state index contributed by atoms with van der Waals surface area (Å²) >= 11 is 9.27. The lowest BCUT2D eigenvalue weighted by Crippen LogP contribution is -2.17. The van der Waals surface area contributed by atoms with Crippen LogP contribution in [0.3, 0.4) is 0 Å². The molecule has 3 aromatic carbocycles. The summed E-state index contributed by atoms with van der Waals surface area (Å²) in [5, 5.41) is 12.5. The molecular weight excluding hydrogens is 470 g/mol. The highest BCUT2D eigenvalue weighted by Gasteiger charge is 2.32. The van der Waals surface area contributed by atoms with Crippen molar-refractivity contribution in [2.75, 3.05) is 12.0 Å². The first-order valence-electron chi connectivity index (χ1n) is 10.2. The van der Waals surface area contributed by atoms with Gasteiger partial charge in [-0.05, 0) is 48.9 Å².